The summed E-state index contributed by atoms with van der Waals surface area (Å²) in [7, 11) is 0. The zero-order valence-electron chi connectivity index (χ0n) is 15.7. The van der Waals surface area contributed by atoms with Gasteiger partial charge in [-0.3, -0.25) is 14.5 Å². The normalized spacial score (nSPS) is 10.9. The fraction of sp³-hybridized carbons (Fsp3) is 0.150. The van der Waals surface area contributed by atoms with Gasteiger partial charge in [-0.05, 0) is 13.0 Å². The molecule has 0 aliphatic carbocycles. The Balaban J connectivity index is 1.65. The van der Waals surface area contributed by atoms with Crippen LogP contribution in [0.2, 0.25) is 0 Å². The van der Waals surface area contributed by atoms with E-state index in [1.165, 1.54) is 28.5 Å². The summed E-state index contributed by atoms with van der Waals surface area (Å²) in [5, 5.41) is 21.3. The van der Waals surface area contributed by atoms with Gasteiger partial charge in [0.2, 0.25) is 0 Å². The summed E-state index contributed by atoms with van der Waals surface area (Å²) >= 11 is 1.43. The first-order valence-corrected chi connectivity index (χ1v) is 9.83. The molecular formula is C20H17N7OS. The summed E-state index contributed by atoms with van der Waals surface area (Å²) < 4.78 is 3.23. The van der Waals surface area contributed by atoms with Crippen LogP contribution in [-0.4, -0.2) is 29.4 Å². The molecule has 0 spiro atoms. The first-order valence-electron chi connectivity index (χ1n) is 8.85. The maximum absolute atomic E-state index is 12.3. The second-order valence-electron chi connectivity index (χ2n) is 6.41. The van der Waals surface area contributed by atoms with Crippen molar-refractivity contribution in [1.82, 2.24) is 29.4 Å². The van der Waals surface area contributed by atoms with Gasteiger partial charge in [0.05, 0.1) is 5.69 Å². The van der Waals surface area contributed by atoms with E-state index in [-0.39, 0.29) is 5.56 Å². The molecule has 4 rings (SSSR count). The van der Waals surface area contributed by atoms with Gasteiger partial charge in [-0.1, -0.05) is 41.6 Å². The number of aromatic nitrogens is 6. The van der Waals surface area contributed by atoms with E-state index in [9.17, 15) is 10.1 Å². The Morgan fingerprint density at radius 3 is 2.97 bits per heavy atom. The minimum absolute atomic E-state index is 0.264. The number of allylic oxidation sites excluding steroid dienone is 1. The van der Waals surface area contributed by atoms with E-state index in [0.717, 1.165) is 17.0 Å². The molecule has 29 heavy (non-hydrogen) atoms. The Morgan fingerprint density at radius 1 is 1.34 bits per heavy atom. The Hall–Kier alpha value is -3.64. The fourth-order valence-electron chi connectivity index (χ4n) is 3.01. The zero-order chi connectivity index (χ0) is 20.4. The van der Waals surface area contributed by atoms with E-state index in [1.54, 1.807) is 6.08 Å². The van der Waals surface area contributed by atoms with Gasteiger partial charge in [0.15, 0.2) is 16.6 Å². The molecule has 3 aromatic heterocycles. The van der Waals surface area contributed by atoms with Crippen molar-refractivity contribution < 1.29 is 0 Å². The van der Waals surface area contributed by atoms with Gasteiger partial charge in [-0.15, -0.1) is 16.8 Å². The molecule has 144 valence electrons. The molecule has 0 aliphatic rings. The number of thioether (sulfide) groups is 1. The second-order valence-corrected chi connectivity index (χ2v) is 7.35. The lowest BCUT2D eigenvalue weighted by atomic mass is 10.1. The van der Waals surface area contributed by atoms with Gasteiger partial charge >= 0.3 is 0 Å². The SMILES string of the molecule is C=CCn1c(SCc2cc(=O)n3[nH]cc(C#N)c3n2)nnc1-c1cccc(C)c1. The van der Waals surface area contributed by atoms with Crippen molar-refractivity contribution in [2.75, 3.05) is 0 Å². The molecule has 0 fully saturated rings. The first-order chi connectivity index (χ1) is 14.1. The molecule has 4 aromatic rings. The van der Waals surface area contributed by atoms with Crippen LogP contribution < -0.4 is 5.56 Å². The van der Waals surface area contributed by atoms with Crippen LogP contribution in [0.1, 0.15) is 16.8 Å². The molecule has 0 aliphatic heterocycles. The number of nitriles is 1. The highest BCUT2D eigenvalue weighted by Crippen LogP contribution is 2.26. The largest absolute Gasteiger partial charge is 0.298 e. The van der Waals surface area contributed by atoms with E-state index < -0.39 is 0 Å². The van der Waals surface area contributed by atoms with E-state index in [4.69, 9.17) is 0 Å². The van der Waals surface area contributed by atoms with Crippen molar-refractivity contribution in [2.24, 2.45) is 0 Å². The molecule has 0 amide bonds. The van der Waals surface area contributed by atoms with Crippen molar-refractivity contribution in [3.63, 3.8) is 0 Å². The third kappa shape index (κ3) is 3.58. The van der Waals surface area contributed by atoms with Crippen LogP contribution in [0, 0.1) is 18.3 Å². The predicted molar refractivity (Wildman–Crippen MR) is 110 cm³/mol. The van der Waals surface area contributed by atoms with Crippen LogP contribution in [0.4, 0.5) is 0 Å². The highest BCUT2D eigenvalue weighted by molar-refractivity contribution is 7.98. The quantitative estimate of drug-likeness (QED) is 0.392. The van der Waals surface area contributed by atoms with Crippen molar-refractivity contribution in [1.29, 1.82) is 5.26 Å². The summed E-state index contributed by atoms with van der Waals surface area (Å²) in [5.74, 6) is 1.18. The minimum Gasteiger partial charge on any atom is -0.298 e. The maximum atomic E-state index is 12.3. The van der Waals surface area contributed by atoms with E-state index in [1.807, 2.05) is 35.8 Å². The van der Waals surface area contributed by atoms with Crippen LogP contribution in [0.3, 0.4) is 0 Å². The number of benzene rings is 1. The summed E-state index contributed by atoms with van der Waals surface area (Å²) in [6, 6.07) is 11.6. The zero-order valence-corrected chi connectivity index (χ0v) is 16.5. The maximum Gasteiger partial charge on any atom is 0.272 e. The van der Waals surface area contributed by atoms with Crippen LogP contribution in [0.5, 0.6) is 0 Å². The minimum atomic E-state index is -0.264. The molecule has 3 heterocycles. The summed E-state index contributed by atoms with van der Waals surface area (Å²) in [6.45, 7) is 6.42. The standard InChI is InChI=1S/C20H17N7OS/c1-3-7-26-19(14-6-4-5-13(2)8-14)24-25-20(26)29-12-16-9-17(28)27-18(23-16)15(10-21)11-22-27/h3-6,8-9,11,22H,1,7,12H2,2H3. The Labute approximate surface area is 170 Å². The number of aromatic amines is 1. The monoisotopic (exact) mass is 403 g/mol. The molecule has 0 bridgehead atoms. The smallest absolute Gasteiger partial charge is 0.272 e. The van der Waals surface area contributed by atoms with Crippen LogP contribution >= 0.6 is 11.8 Å². The van der Waals surface area contributed by atoms with Gasteiger partial charge in [0, 0.05) is 30.1 Å². The Morgan fingerprint density at radius 2 is 2.21 bits per heavy atom. The van der Waals surface area contributed by atoms with Gasteiger partial charge < -0.3 is 0 Å². The van der Waals surface area contributed by atoms with Crippen LogP contribution in [0.25, 0.3) is 17.0 Å². The van der Waals surface area contributed by atoms with Crippen LogP contribution in [0.15, 0.2) is 59.1 Å². The molecule has 0 radical (unpaired) electrons. The Bertz CT molecular complexity index is 1310. The van der Waals surface area contributed by atoms with E-state index in [0.29, 0.717) is 34.4 Å². The summed E-state index contributed by atoms with van der Waals surface area (Å²) in [5.41, 5.74) is 3.08. The summed E-state index contributed by atoms with van der Waals surface area (Å²) in [4.78, 5) is 16.7. The molecule has 0 saturated heterocycles. The number of nitrogens with one attached hydrogen (secondary N) is 1. The van der Waals surface area contributed by atoms with Crippen molar-refractivity contribution >= 4 is 17.4 Å². The average molecular weight is 403 g/mol. The van der Waals surface area contributed by atoms with Crippen molar-refractivity contribution in [3.05, 3.63) is 76.4 Å². The molecule has 8 nitrogen and oxygen atoms in total. The number of rotatable bonds is 6. The topological polar surface area (TPSA) is 105 Å². The lowest BCUT2D eigenvalue weighted by molar-refractivity contribution is 0.731. The van der Waals surface area contributed by atoms with Crippen LogP contribution in [-0.2, 0) is 12.3 Å². The summed E-state index contributed by atoms with van der Waals surface area (Å²) in [6.07, 6.45) is 3.26. The van der Waals surface area contributed by atoms with Crippen molar-refractivity contribution in [3.8, 4) is 17.5 Å². The average Bonchev–Trinajstić information content (AvgIpc) is 3.31. The Kier molecular flexibility index (Phi) is 5.01. The number of fused-ring (bicyclic) bond motifs is 1. The van der Waals surface area contributed by atoms with Gasteiger partial charge in [0.25, 0.3) is 5.56 Å². The van der Waals surface area contributed by atoms with Gasteiger partial charge in [0.1, 0.15) is 11.6 Å². The number of aryl methyl sites for hydroxylation is 1. The third-order valence-corrected chi connectivity index (χ3v) is 5.33. The molecule has 1 aromatic carbocycles. The predicted octanol–water partition coefficient (Wildman–Crippen LogP) is 2.94. The van der Waals surface area contributed by atoms with E-state index >= 15 is 0 Å². The van der Waals surface area contributed by atoms with E-state index in [2.05, 4.69) is 32.9 Å². The molecular weight excluding hydrogens is 386 g/mol. The lowest BCUT2D eigenvalue weighted by Gasteiger charge is -2.08. The number of nitrogens with zero attached hydrogens (tertiary/aromatic N) is 6. The number of hydrogen-bond acceptors (Lipinski definition) is 6. The fourth-order valence-corrected chi connectivity index (χ4v) is 3.85. The lowest BCUT2D eigenvalue weighted by Crippen LogP contribution is -2.15. The molecule has 9 heteroatoms. The van der Waals surface area contributed by atoms with Crippen molar-refractivity contribution in [2.45, 2.75) is 24.4 Å². The molecule has 0 unspecified atom stereocenters. The third-order valence-electron chi connectivity index (χ3n) is 4.33. The highest BCUT2D eigenvalue weighted by Gasteiger charge is 2.15. The second kappa shape index (κ2) is 7.77. The highest BCUT2D eigenvalue weighted by atomic mass is 32.2. The molecule has 0 saturated carbocycles. The molecule has 0 atom stereocenters. The molecule has 1 N–H and O–H groups in total. The number of hydrogen-bond donors (Lipinski definition) is 1. The van der Waals surface area contributed by atoms with Gasteiger partial charge in [-0.2, -0.15) is 5.26 Å². The number of H-pyrrole nitrogens is 1. The first kappa shape index (κ1) is 18.7. The van der Waals surface area contributed by atoms with Gasteiger partial charge in [-0.25, -0.2) is 9.50 Å².